The summed E-state index contributed by atoms with van der Waals surface area (Å²) in [5.41, 5.74) is 5.98. The van der Waals surface area contributed by atoms with Crippen LogP contribution in [0.25, 0.3) is 0 Å². The first-order chi connectivity index (χ1) is 8.78. The molecule has 5 nitrogen and oxygen atoms in total. The SMILES string of the molecule is CCCCN(CC(N)=O)S(=O)(=O)c1cc(C)c(Br)s1. The number of primary amides is 1. The zero-order chi connectivity index (χ0) is 14.6. The molecule has 0 atom stereocenters. The number of nitrogens with two attached hydrogens (primary N) is 1. The van der Waals surface area contributed by atoms with E-state index in [9.17, 15) is 13.2 Å². The van der Waals surface area contributed by atoms with Crippen molar-refractivity contribution in [3.05, 3.63) is 15.4 Å². The molecule has 1 rings (SSSR count). The Morgan fingerprint density at radius 3 is 2.58 bits per heavy atom. The van der Waals surface area contributed by atoms with Crippen molar-refractivity contribution in [1.29, 1.82) is 0 Å². The summed E-state index contributed by atoms with van der Waals surface area (Å²) in [4.78, 5) is 11.0. The average molecular weight is 369 g/mol. The molecule has 0 radical (unpaired) electrons. The predicted molar refractivity (Wildman–Crippen MR) is 79.6 cm³/mol. The van der Waals surface area contributed by atoms with E-state index in [1.54, 1.807) is 6.07 Å². The van der Waals surface area contributed by atoms with Crippen molar-refractivity contribution in [3.63, 3.8) is 0 Å². The zero-order valence-corrected chi connectivity index (χ0v) is 14.1. The van der Waals surface area contributed by atoms with Gasteiger partial charge in [0.2, 0.25) is 5.91 Å². The van der Waals surface area contributed by atoms with Crippen molar-refractivity contribution < 1.29 is 13.2 Å². The Balaban J connectivity index is 3.07. The fraction of sp³-hybridized carbons (Fsp3) is 0.545. The fourth-order valence-corrected chi connectivity index (χ4v) is 5.30. The lowest BCUT2D eigenvalue weighted by Gasteiger charge is -2.19. The predicted octanol–water partition coefficient (Wildman–Crippen LogP) is 2.10. The number of carbonyl (C=O) groups excluding carboxylic acids is 1. The van der Waals surface area contributed by atoms with E-state index in [0.29, 0.717) is 13.0 Å². The van der Waals surface area contributed by atoms with E-state index in [1.165, 1.54) is 0 Å². The smallest absolute Gasteiger partial charge is 0.253 e. The summed E-state index contributed by atoms with van der Waals surface area (Å²) in [5.74, 6) is -0.646. The first-order valence-corrected chi connectivity index (χ1v) is 8.88. The van der Waals surface area contributed by atoms with Crippen molar-refractivity contribution in [3.8, 4) is 0 Å². The van der Waals surface area contributed by atoms with E-state index in [1.807, 2.05) is 13.8 Å². The largest absolute Gasteiger partial charge is 0.369 e. The molecule has 0 spiro atoms. The van der Waals surface area contributed by atoms with Crippen molar-refractivity contribution in [2.75, 3.05) is 13.1 Å². The Bertz CT molecular complexity index is 535. The lowest BCUT2D eigenvalue weighted by molar-refractivity contribution is -0.118. The van der Waals surface area contributed by atoms with Crippen LogP contribution < -0.4 is 5.73 Å². The van der Waals surface area contributed by atoms with E-state index in [2.05, 4.69) is 15.9 Å². The van der Waals surface area contributed by atoms with Crippen LogP contribution in [-0.4, -0.2) is 31.7 Å². The lowest BCUT2D eigenvalue weighted by Crippen LogP contribution is -2.38. The Labute approximate surface area is 126 Å². The van der Waals surface area contributed by atoms with Gasteiger partial charge in [-0.25, -0.2) is 8.42 Å². The van der Waals surface area contributed by atoms with Gasteiger partial charge in [-0.3, -0.25) is 4.79 Å². The van der Waals surface area contributed by atoms with Gasteiger partial charge in [-0.15, -0.1) is 11.3 Å². The number of carbonyl (C=O) groups is 1. The third-order valence-corrected chi connectivity index (χ3v) is 6.95. The molecule has 0 aliphatic rings. The Morgan fingerprint density at radius 1 is 1.53 bits per heavy atom. The Morgan fingerprint density at radius 2 is 2.16 bits per heavy atom. The molecule has 0 aromatic carbocycles. The van der Waals surface area contributed by atoms with Gasteiger partial charge in [0.15, 0.2) is 0 Å². The number of thiophene rings is 1. The highest BCUT2D eigenvalue weighted by atomic mass is 79.9. The van der Waals surface area contributed by atoms with Gasteiger partial charge >= 0.3 is 0 Å². The molecule has 0 fully saturated rings. The van der Waals surface area contributed by atoms with Crippen LogP contribution >= 0.6 is 27.3 Å². The maximum absolute atomic E-state index is 12.4. The maximum atomic E-state index is 12.4. The van der Waals surface area contributed by atoms with Crippen molar-refractivity contribution in [1.82, 2.24) is 4.31 Å². The van der Waals surface area contributed by atoms with Gasteiger partial charge in [-0.2, -0.15) is 4.31 Å². The third kappa shape index (κ3) is 4.27. The molecule has 0 saturated carbocycles. The van der Waals surface area contributed by atoms with Gasteiger partial charge in [-0.05, 0) is 40.9 Å². The second-order valence-corrected chi connectivity index (χ2v) is 8.72. The number of unbranched alkanes of at least 4 members (excludes halogenated alkanes) is 1. The van der Waals surface area contributed by atoms with E-state index < -0.39 is 15.9 Å². The van der Waals surface area contributed by atoms with E-state index in [-0.39, 0.29) is 10.8 Å². The van der Waals surface area contributed by atoms with E-state index in [0.717, 1.165) is 31.4 Å². The number of nitrogens with zero attached hydrogens (tertiary/aromatic N) is 1. The summed E-state index contributed by atoms with van der Waals surface area (Å²) in [6.45, 7) is 3.80. The van der Waals surface area contributed by atoms with Crippen molar-refractivity contribution in [2.24, 2.45) is 5.73 Å². The first-order valence-electron chi connectivity index (χ1n) is 5.83. The van der Waals surface area contributed by atoms with Crippen LogP contribution in [-0.2, 0) is 14.8 Å². The van der Waals surface area contributed by atoms with Crippen LogP contribution in [0, 0.1) is 6.92 Å². The van der Waals surface area contributed by atoms with Crippen molar-refractivity contribution >= 4 is 43.2 Å². The standard InChI is InChI=1S/C11H17BrN2O3S2/c1-3-4-5-14(7-9(13)15)19(16,17)10-6-8(2)11(12)18-10/h6H,3-5,7H2,1-2H3,(H2,13,15). The number of hydrogen-bond donors (Lipinski definition) is 1. The lowest BCUT2D eigenvalue weighted by atomic mass is 10.3. The summed E-state index contributed by atoms with van der Waals surface area (Å²) in [6, 6.07) is 1.60. The third-order valence-electron chi connectivity index (χ3n) is 2.52. The molecule has 19 heavy (non-hydrogen) atoms. The van der Waals surface area contributed by atoms with Crippen LogP contribution in [0.3, 0.4) is 0 Å². The molecule has 1 heterocycles. The zero-order valence-electron chi connectivity index (χ0n) is 10.8. The van der Waals surface area contributed by atoms with Gasteiger partial charge in [0.05, 0.1) is 10.3 Å². The number of sulfonamides is 1. The Kier molecular flexibility index (Phi) is 5.97. The number of halogens is 1. The normalized spacial score (nSPS) is 12.0. The van der Waals surface area contributed by atoms with E-state index >= 15 is 0 Å². The summed E-state index contributed by atoms with van der Waals surface area (Å²) in [7, 11) is -3.65. The summed E-state index contributed by atoms with van der Waals surface area (Å²) >= 11 is 4.45. The topological polar surface area (TPSA) is 80.5 Å². The molecule has 0 saturated heterocycles. The highest BCUT2D eigenvalue weighted by Gasteiger charge is 2.27. The minimum absolute atomic E-state index is 0.231. The first kappa shape index (κ1) is 16.6. The molecular weight excluding hydrogens is 352 g/mol. The molecule has 8 heteroatoms. The summed E-state index contributed by atoms with van der Waals surface area (Å²) in [5, 5.41) is 0. The minimum atomic E-state index is -3.65. The minimum Gasteiger partial charge on any atom is -0.369 e. The van der Waals surface area contributed by atoms with Gasteiger partial charge < -0.3 is 5.73 Å². The van der Waals surface area contributed by atoms with Crippen LogP contribution in [0.4, 0.5) is 0 Å². The van der Waals surface area contributed by atoms with Gasteiger partial charge in [0.1, 0.15) is 4.21 Å². The second-order valence-electron chi connectivity index (χ2n) is 4.18. The number of hydrogen-bond acceptors (Lipinski definition) is 4. The molecule has 0 unspecified atom stereocenters. The summed E-state index contributed by atoms with van der Waals surface area (Å²) < 4.78 is 27.1. The molecular formula is C11H17BrN2O3S2. The molecule has 0 aliphatic carbocycles. The molecule has 1 amide bonds. The van der Waals surface area contributed by atoms with Gasteiger partial charge in [0, 0.05) is 6.54 Å². The number of amides is 1. The van der Waals surface area contributed by atoms with E-state index in [4.69, 9.17) is 5.73 Å². The van der Waals surface area contributed by atoms with Crippen LogP contribution in [0.5, 0.6) is 0 Å². The average Bonchev–Trinajstić information content (AvgIpc) is 2.65. The molecule has 0 aliphatic heterocycles. The van der Waals surface area contributed by atoms with Gasteiger partial charge in [-0.1, -0.05) is 13.3 Å². The summed E-state index contributed by atoms with van der Waals surface area (Å²) in [6.07, 6.45) is 1.54. The highest BCUT2D eigenvalue weighted by molar-refractivity contribution is 9.11. The quantitative estimate of drug-likeness (QED) is 0.799. The van der Waals surface area contributed by atoms with Crippen molar-refractivity contribution in [2.45, 2.75) is 30.9 Å². The number of rotatable bonds is 7. The number of aryl methyl sites for hydroxylation is 1. The molecule has 1 aromatic rings. The van der Waals surface area contributed by atoms with Crippen LogP contribution in [0.15, 0.2) is 14.1 Å². The van der Waals surface area contributed by atoms with Gasteiger partial charge in [0.25, 0.3) is 10.0 Å². The highest BCUT2D eigenvalue weighted by Crippen LogP contribution is 2.32. The fourth-order valence-electron chi connectivity index (χ4n) is 1.48. The van der Waals surface area contributed by atoms with Crippen LogP contribution in [0.2, 0.25) is 0 Å². The molecule has 108 valence electrons. The molecule has 1 aromatic heterocycles. The monoisotopic (exact) mass is 368 g/mol. The maximum Gasteiger partial charge on any atom is 0.253 e. The molecule has 2 N–H and O–H groups in total. The second kappa shape index (κ2) is 6.83. The van der Waals surface area contributed by atoms with Crippen LogP contribution in [0.1, 0.15) is 25.3 Å². The Hall–Kier alpha value is -0.440. The molecule has 0 bridgehead atoms.